The molecule has 2 aromatic rings. The molecule has 0 spiro atoms. The first kappa shape index (κ1) is 20.9. The Morgan fingerprint density at radius 2 is 1.79 bits per heavy atom. The number of H-pyrrole nitrogens is 1. The van der Waals surface area contributed by atoms with Crippen molar-refractivity contribution in [3.8, 4) is 0 Å². The van der Waals surface area contributed by atoms with Crippen LogP contribution in [0.2, 0.25) is 0 Å². The third kappa shape index (κ3) is 4.08. The van der Waals surface area contributed by atoms with E-state index in [1.165, 1.54) is 37.7 Å². The van der Waals surface area contributed by atoms with E-state index in [2.05, 4.69) is 31.4 Å². The molecule has 6 rings (SSSR count). The summed E-state index contributed by atoms with van der Waals surface area (Å²) in [5.74, 6) is 3.33. The van der Waals surface area contributed by atoms with Gasteiger partial charge in [0.05, 0.1) is 11.4 Å². The summed E-state index contributed by atoms with van der Waals surface area (Å²) in [4.78, 5) is 27.5. The number of nitrogens with one attached hydrogen (secondary N) is 2. The smallest absolute Gasteiger partial charge is 0.245 e. The van der Waals surface area contributed by atoms with Gasteiger partial charge in [0, 0.05) is 37.2 Å². The Bertz CT molecular complexity index is 1010. The van der Waals surface area contributed by atoms with Crippen molar-refractivity contribution in [2.75, 3.05) is 29.9 Å². The number of nitrogens with zero attached hydrogens (tertiary/aromatic N) is 5. The molecule has 33 heavy (non-hydrogen) atoms. The molecule has 3 fully saturated rings. The van der Waals surface area contributed by atoms with Gasteiger partial charge in [0.2, 0.25) is 11.9 Å². The molecule has 176 valence electrons. The molecule has 0 radical (unpaired) electrons. The van der Waals surface area contributed by atoms with Gasteiger partial charge >= 0.3 is 0 Å². The van der Waals surface area contributed by atoms with Crippen molar-refractivity contribution in [1.82, 2.24) is 25.1 Å². The lowest BCUT2D eigenvalue weighted by molar-refractivity contribution is -0.133. The van der Waals surface area contributed by atoms with Gasteiger partial charge in [-0.1, -0.05) is 12.8 Å². The summed E-state index contributed by atoms with van der Waals surface area (Å²) in [5.41, 5.74) is 3.51. The molecule has 1 unspecified atom stereocenters. The molecular formula is C25H35N7O. The van der Waals surface area contributed by atoms with E-state index < -0.39 is 0 Å². The number of hydrogen-bond donors (Lipinski definition) is 2. The SMILES string of the molecule is O=C(C1CCCN1c1nc2c(c(Nc3cc(C4CCCC4)n[nH]3)n1)CCC2)N1CCCCC1. The highest BCUT2D eigenvalue weighted by atomic mass is 16.2. The van der Waals surface area contributed by atoms with E-state index in [0.29, 0.717) is 11.9 Å². The topological polar surface area (TPSA) is 90.0 Å². The Hall–Kier alpha value is -2.64. The molecule has 1 amide bonds. The van der Waals surface area contributed by atoms with E-state index in [1.54, 1.807) is 0 Å². The Morgan fingerprint density at radius 1 is 0.939 bits per heavy atom. The van der Waals surface area contributed by atoms with Crippen LogP contribution in [0.1, 0.15) is 87.1 Å². The van der Waals surface area contributed by atoms with Crippen molar-refractivity contribution >= 4 is 23.5 Å². The quantitative estimate of drug-likeness (QED) is 0.715. The normalized spacial score (nSPS) is 23.3. The van der Waals surface area contributed by atoms with Crippen LogP contribution in [0.15, 0.2) is 6.07 Å². The highest BCUT2D eigenvalue weighted by Gasteiger charge is 2.36. The maximum atomic E-state index is 13.3. The summed E-state index contributed by atoms with van der Waals surface area (Å²) in [5, 5.41) is 11.3. The fourth-order valence-electron chi connectivity index (χ4n) is 6.20. The summed E-state index contributed by atoms with van der Waals surface area (Å²) in [6.07, 6.45) is 13.5. The van der Waals surface area contributed by atoms with Gasteiger partial charge in [0.1, 0.15) is 17.7 Å². The predicted octanol–water partition coefficient (Wildman–Crippen LogP) is 4.07. The van der Waals surface area contributed by atoms with Crippen molar-refractivity contribution in [3.05, 3.63) is 23.0 Å². The second-order valence-corrected chi connectivity index (χ2v) is 10.2. The first-order valence-electron chi connectivity index (χ1n) is 13.0. The van der Waals surface area contributed by atoms with Crippen LogP contribution >= 0.6 is 0 Å². The number of aromatic nitrogens is 4. The third-order valence-corrected chi connectivity index (χ3v) is 8.01. The molecule has 2 aliphatic carbocycles. The zero-order valence-electron chi connectivity index (χ0n) is 19.5. The lowest BCUT2D eigenvalue weighted by Crippen LogP contribution is -2.48. The number of rotatable bonds is 5. The molecule has 8 heteroatoms. The molecule has 2 N–H and O–H groups in total. The van der Waals surface area contributed by atoms with Gasteiger partial charge in [-0.25, -0.2) is 4.98 Å². The van der Waals surface area contributed by atoms with Gasteiger partial charge in [-0.05, 0) is 64.2 Å². The number of aromatic amines is 1. The van der Waals surface area contributed by atoms with Crippen molar-refractivity contribution in [1.29, 1.82) is 0 Å². The number of piperidine rings is 1. The van der Waals surface area contributed by atoms with E-state index in [-0.39, 0.29) is 11.9 Å². The first-order chi connectivity index (χ1) is 16.3. The minimum Gasteiger partial charge on any atom is -0.341 e. The van der Waals surface area contributed by atoms with Crippen LogP contribution in [0.5, 0.6) is 0 Å². The Morgan fingerprint density at radius 3 is 2.64 bits per heavy atom. The fraction of sp³-hybridized carbons (Fsp3) is 0.680. The molecular weight excluding hydrogens is 414 g/mol. The molecule has 4 aliphatic rings. The second-order valence-electron chi connectivity index (χ2n) is 10.2. The molecule has 4 heterocycles. The zero-order chi connectivity index (χ0) is 22.2. The van der Waals surface area contributed by atoms with Gasteiger partial charge in [0.25, 0.3) is 0 Å². The Balaban J connectivity index is 1.25. The number of likely N-dealkylation sites (tertiary alicyclic amines) is 1. The average Bonchev–Trinajstić information content (AvgIpc) is 3.65. The molecule has 8 nitrogen and oxygen atoms in total. The predicted molar refractivity (Wildman–Crippen MR) is 128 cm³/mol. The van der Waals surface area contributed by atoms with E-state index >= 15 is 0 Å². The monoisotopic (exact) mass is 449 g/mol. The molecule has 0 bridgehead atoms. The van der Waals surface area contributed by atoms with Gasteiger partial charge < -0.3 is 15.1 Å². The van der Waals surface area contributed by atoms with Crippen LogP contribution in [0.4, 0.5) is 17.6 Å². The molecule has 1 saturated carbocycles. The van der Waals surface area contributed by atoms with E-state index in [1.807, 2.05) is 0 Å². The third-order valence-electron chi connectivity index (χ3n) is 8.01. The average molecular weight is 450 g/mol. The number of carbonyl (C=O) groups excluding carboxylic acids is 1. The van der Waals surface area contributed by atoms with Crippen LogP contribution in [0.25, 0.3) is 0 Å². The largest absolute Gasteiger partial charge is 0.341 e. The maximum absolute atomic E-state index is 13.3. The highest BCUT2D eigenvalue weighted by molar-refractivity contribution is 5.85. The number of aryl methyl sites for hydroxylation is 1. The minimum atomic E-state index is -0.128. The van der Waals surface area contributed by atoms with Crippen LogP contribution in [-0.2, 0) is 17.6 Å². The molecule has 2 aromatic heterocycles. The number of fused-ring (bicyclic) bond motifs is 1. The lowest BCUT2D eigenvalue weighted by atomic mass is 10.0. The Labute approximate surface area is 195 Å². The Kier molecular flexibility index (Phi) is 5.68. The van der Waals surface area contributed by atoms with Crippen molar-refractivity contribution < 1.29 is 4.79 Å². The second kappa shape index (κ2) is 8.95. The van der Waals surface area contributed by atoms with Crippen molar-refractivity contribution in [2.24, 2.45) is 0 Å². The summed E-state index contributed by atoms with van der Waals surface area (Å²) in [6.45, 7) is 2.63. The lowest BCUT2D eigenvalue weighted by Gasteiger charge is -2.32. The van der Waals surface area contributed by atoms with Gasteiger partial charge in [0.15, 0.2) is 0 Å². The van der Waals surface area contributed by atoms with Crippen LogP contribution < -0.4 is 10.2 Å². The summed E-state index contributed by atoms with van der Waals surface area (Å²) in [7, 11) is 0. The fourth-order valence-corrected chi connectivity index (χ4v) is 6.20. The number of carbonyl (C=O) groups is 1. The standard InChI is InChI=1S/C25H35N7O/c33-24(31-13-4-1-5-14-31)21-12-7-15-32(21)25-26-19-11-6-10-18(19)23(28-25)27-22-16-20(29-30-22)17-8-2-3-9-17/h16-17,21H,1-15H2,(H2,26,27,28,29,30). The molecule has 2 aliphatic heterocycles. The number of amides is 1. The summed E-state index contributed by atoms with van der Waals surface area (Å²) < 4.78 is 0. The highest BCUT2D eigenvalue weighted by Crippen LogP contribution is 2.36. The van der Waals surface area contributed by atoms with Gasteiger partial charge in [-0.3, -0.25) is 9.89 Å². The summed E-state index contributed by atoms with van der Waals surface area (Å²) in [6, 6.07) is 2.02. The van der Waals surface area contributed by atoms with E-state index in [9.17, 15) is 4.79 Å². The summed E-state index contributed by atoms with van der Waals surface area (Å²) >= 11 is 0. The number of hydrogen-bond acceptors (Lipinski definition) is 6. The number of anilines is 3. The van der Waals surface area contributed by atoms with Gasteiger partial charge in [-0.2, -0.15) is 10.1 Å². The minimum absolute atomic E-state index is 0.128. The zero-order valence-corrected chi connectivity index (χ0v) is 19.5. The van der Waals surface area contributed by atoms with Crippen LogP contribution in [-0.4, -0.2) is 56.6 Å². The molecule has 0 aromatic carbocycles. The first-order valence-corrected chi connectivity index (χ1v) is 13.0. The van der Waals surface area contributed by atoms with Gasteiger partial charge in [-0.15, -0.1) is 0 Å². The van der Waals surface area contributed by atoms with Crippen LogP contribution in [0, 0.1) is 0 Å². The maximum Gasteiger partial charge on any atom is 0.245 e. The van der Waals surface area contributed by atoms with Crippen molar-refractivity contribution in [3.63, 3.8) is 0 Å². The molecule has 1 atom stereocenters. The van der Waals surface area contributed by atoms with Crippen molar-refractivity contribution in [2.45, 2.75) is 89.0 Å². The molecule has 2 saturated heterocycles. The van der Waals surface area contributed by atoms with Crippen LogP contribution in [0.3, 0.4) is 0 Å². The van der Waals surface area contributed by atoms with E-state index in [4.69, 9.17) is 9.97 Å². The van der Waals surface area contributed by atoms with E-state index in [0.717, 1.165) is 87.6 Å².